The van der Waals surface area contributed by atoms with Gasteiger partial charge in [-0.05, 0) is 22.7 Å². The van der Waals surface area contributed by atoms with E-state index in [2.05, 4.69) is 31.4 Å². The molecule has 0 aliphatic rings. The van der Waals surface area contributed by atoms with Gasteiger partial charge in [-0.2, -0.15) is 0 Å². The summed E-state index contributed by atoms with van der Waals surface area (Å²) in [6.07, 6.45) is -0.316. The quantitative estimate of drug-likeness (QED) is 0.222. The lowest BCUT2D eigenvalue weighted by Gasteiger charge is -2.21. The van der Waals surface area contributed by atoms with Crippen molar-refractivity contribution in [3.05, 3.63) is 0 Å². The van der Waals surface area contributed by atoms with Crippen LogP contribution in [0.25, 0.3) is 0 Å². The van der Waals surface area contributed by atoms with Crippen LogP contribution in [0, 0.1) is 22.2 Å². The average molecular weight is 489 g/mol. The number of alkyl carbamates (subject to hydrolysis) is 2. The number of esters is 1. The number of hydrogen-bond donors (Lipinski definition) is 2. The molecular formula is C25H48N2O7. The molecule has 0 aliphatic carbocycles. The van der Waals surface area contributed by atoms with Crippen LogP contribution in [-0.4, -0.2) is 64.3 Å². The number of nitrogens with one attached hydrogen (secondary N) is 2. The molecule has 9 nitrogen and oxygen atoms in total. The molecule has 0 radical (unpaired) electrons. The van der Waals surface area contributed by atoms with Crippen LogP contribution < -0.4 is 10.6 Å². The highest BCUT2D eigenvalue weighted by Gasteiger charge is 2.21. The predicted octanol–water partition coefficient (Wildman–Crippen LogP) is 4.53. The van der Waals surface area contributed by atoms with Crippen LogP contribution in [0.15, 0.2) is 0 Å². The van der Waals surface area contributed by atoms with Gasteiger partial charge >= 0.3 is 18.2 Å². The van der Waals surface area contributed by atoms with Crippen molar-refractivity contribution in [3.8, 4) is 0 Å². The molecule has 0 saturated carbocycles. The minimum Gasteiger partial charge on any atom is -0.463 e. The first-order chi connectivity index (χ1) is 15.5. The summed E-state index contributed by atoms with van der Waals surface area (Å²) in [5.74, 6) is -1.00. The molecule has 2 amide bonds. The van der Waals surface area contributed by atoms with Crippen LogP contribution in [0.5, 0.6) is 0 Å². The zero-order chi connectivity index (χ0) is 26.4. The van der Waals surface area contributed by atoms with Gasteiger partial charge in [0.15, 0.2) is 0 Å². The zero-order valence-corrected chi connectivity index (χ0v) is 22.8. The number of hydrogen-bond acceptors (Lipinski definition) is 7. The third-order valence-electron chi connectivity index (χ3n) is 4.37. The Morgan fingerprint density at radius 1 is 0.647 bits per heavy atom. The molecule has 0 aromatic carbocycles. The summed E-state index contributed by atoms with van der Waals surface area (Å²) < 4.78 is 21.2. The van der Waals surface area contributed by atoms with E-state index in [-0.39, 0.29) is 42.5 Å². The molecule has 2 N–H and O–H groups in total. The van der Waals surface area contributed by atoms with Crippen molar-refractivity contribution in [2.45, 2.75) is 75.2 Å². The van der Waals surface area contributed by atoms with E-state index in [1.165, 1.54) is 0 Å². The summed E-state index contributed by atoms with van der Waals surface area (Å²) in [6.45, 7) is 20.1. The van der Waals surface area contributed by atoms with Crippen LogP contribution in [0.3, 0.4) is 0 Å². The molecule has 0 saturated heterocycles. The topological polar surface area (TPSA) is 112 Å². The summed E-state index contributed by atoms with van der Waals surface area (Å²) >= 11 is 0. The van der Waals surface area contributed by atoms with E-state index in [0.717, 1.165) is 6.42 Å². The largest absolute Gasteiger partial charge is 0.463 e. The van der Waals surface area contributed by atoms with Crippen LogP contribution >= 0.6 is 0 Å². The van der Waals surface area contributed by atoms with E-state index >= 15 is 0 Å². The highest BCUT2D eigenvalue weighted by molar-refractivity contribution is 5.70. The second-order valence-electron chi connectivity index (χ2n) is 12.2. The van der Waals surface area contributed by atoms with Crippen molar-refractivity contribution < 1.29 is 33.3 Å². The molecule has 0 rings (SSSR count). The van der Waals surface area contributed by atoms with E-state index in [0.29, 0.717) is 26.3 Å². The average Bonchev–Trinajstić information content (AvgIpc) is 2.67. The smallest absolute Gasteiger partial charge is 0.407 e. The van der Waals surface area contributed by atoms with Crippen molar-refractivity contribution in [2.75, 3.05) is 46.1 Å². The molecule has 0 aromatic rings. The van der Waals surface area contributed by atoms with E-state index in [9.17, 15) is 14.4 Å². The molecule has 34 heavy (non-hydrogen) atoms. The van der Waals surface area contributed by atoms with Crippen molar-refractivity contribution in [1.82, 2.24) is 10.6 Å². The Labute approximate surface area is 206 Å². The SMILES string of the molecule is CC(C)(C)CCOCCOC(=O)CC(COC(=O)NCC(C)(C)C)COC(=O)NCC(C)(C)C. The van der Waals surface area contributed by atoms with Crippen molar-refractivity contribution in [2.24, 2.45) is 22.2 Å². The Hall–Kier alpha value is -2.03. The molecule has 0 bridgehead atoms. The molecule has 0 heterocycles. The molecular weight excluding hydrogens is 440 g/mol. The Morgan fingerprint density at radius 2 is 1.12 bits per heavy atom. The minimum absolute atomic E-state index is 0.0545. The van der Waals surface area contributed by atoms with Gasteiger partial charge in [0.1, 0.15) is 6.61 Å². The molecule has 0 spiro atoms. The second kappa shape index (κ2) is 15.1. The zero-order valence-electron chi connectivity index (χ0n) is 22.8. The fourth-order valence-corrected chi connectivity index (χ4v) is 2.32. The van der Waals surface area contributed by atoms with E-state index in [1.54, 1.807) is 0 Å². The molecule has 0 fully saturated rings. The van der Waals surface area contributed by atoms with Gasteiger partial charge in [-0.25, -0.2) is 9.59 Å². The molecule has 9 heteroatoms. The van der Waals surface area contributed by atoms with Gasteiger partial charge in [0, 0.05) is 25.6 Å². The Morgan fingerprint density at radius 3 is 1.53 bits per heavy atom. The lowest BCUT2D eigenvalue weighted by Crippen LogP contribution is -2.36. The lowest BCUT2D eigenvalue weighted by atomic mass is 9.93. The Kier molecular flexibility index (Phi) is 14.2. The van der Waals surface area contributed by atoms with Crippen molar-refractivity contribution in [1.29, 1.82) is 0 Å². The molecule has 0 atom stereocenters. The van der Waals surface area contributed by atoms with Crippen molar-refractivity contribution in [3.63, 3.8) is 0 Å². The third kappa shape index (κ3) is 21.8. The monoisotopic (exact) mass is 488 g/mol. The van der Waals surface area contributed by atoms with Crippen LogP contribution in [0.2, 0.25) is 0 Å². The van der Waals surface area contributed by atoms with Gasteiger partial charge in [-0.1, -0.05) is 62.3 Å². The molecule has 0 unspecified atom stereocenters. The molecule has 0 aliphatic heterocycles. The number of amides is 2. The minimum atomic E-state index is -0.585. The first kappa shape index (κ1) is 32.0. The predicted molar refractivity (Wildman–Crippen MR) is 132 cm³/mol. The number of ether oxygens (including phenoxy) is 4. The fraction of sp³-hybridized carbons (Fsp3) is 0.880. The number of rotatable bonds is 13. The van der Waals surface area contributed by atoms with Gasteiger partial charge < -0.3 is 29.6 Å². The number of carbonyl (C=O) groups is 3. The van der Waals surface area contributed by atoms with Crippen LogP contribution in [0.4, 0.5) is 9.59 Å². The first-order valence-electron chi connectivity index (χ1n) is 12.0. The first-order valence-corrected chi connectivity index (χ1v) is 12.0. The van der Waals surface area contributed by atoms with E-state index in [1.807, 2.05) is 41.5 Å². The normalized spacial score (nSPS) is 12.3. The highest BCUT2D eigenvalue weighted by Crippen LogP contribution is 2.18. The lowest BCUT2D eigenvalue weighted by molar-refractivity contribution is -0.147. The third-order valence-corrected chi connectivity index (χ3v) is 4.37. The standard InChI is InChI=1S/C25H48N2O7/c1-23(2,3)10-11-31-12-13-32-20(28)14-19(15-33-21(29)26-17-24(4,5)6)16-34-22(30)27-18-25(7,8)9/h19H,10-18H2,1-9H3,(H,26,29)(H,27,30). The fourth-order valence-electron chi connectivity index (χ4n) is 2.32. The van der Waals surface area contributed by atoms with Gasteiger partial charge in [0.25, 0.3) is 0 Å². The summed E-state index contributed by atoms with van der Waals surface area (Å²) in [4.78, 5) is 36.2. The Balaban J connectivity index is 4.57. The maximum Gasteiger partial charge on any atom is 0.407 e. The maximum absolute atomic E-state index is 12.3. The van der Waals surface area contributed by atoms with Crippen molar-refractivity contribution >= 4 is 18.2 Å². The van der Waals surface area contributed by atoms with Gasteiger partial charge in [0.05, 0.1) is 26.2 Å². The van der Waals surface area contributed by atoms with Gasteiger partial charge in [-0.15, -0.1) is 0 Å². The molecule has 200 valence electrons. The van der Waals surface area contributed by atoms with E-state index < -0.39 is 24.1 Å². The highest BCUT2D eigenvalue weighted by atomic mass is 16.6. The second-order valence-corrected chi connectivity index (χ2v) is 12.2. The summed E-state index contributed by atoms with van der Waals surface area (Å²) in [7, 11) is 0. The van der Waals surface area contributed by atoms with Crippen LogP contribution in [0.1, 0.15) is 75.2 Å². The summed E-state index contributed by atoms with van der Waals surface area (Å²) in [5.41, 5.74) is -0.000881. The number of carbonyl (C=O) groups excluding carboxylic acids is 3. The molecule has 0 aromatic heterocycles. The van der Waals surface area contributed by atoms with Crippen LogP contribution in [-0.2, 0) is 23.7 Å². The summed E-state index contributed by atoms with van der Waals surface area (Å²) in [5, 5.41) is 5.37. The van der Waals surface area contributed by atoms with Gasteiger partial charge in [-0.3, -0.25) is 4.79 Å². The Bertz CT molecular complexity index is 582. The van der Waals surface area contributed by atoms with Gasteiger partial charge in [0.2, 0.25) is 0 Å². The van der Waals surface area contributed by atoms with E-state index in [4.69, 9.17) is 18.9 Å². The summed E-state index contributed by atoms with van der Waals surface area (Å²) in [6, 6.07) is 0. The maximum atomic E-state index is 12.3.